The number of hydrogen-bond acceptors (Lipinski definition) is 4. The smallest absolute Gasteiger partial charge is 0.264 e. The van der Waals surface area contributed by atoms with Gasteiger partial charge >= 0.3 is 0 Å². The van der Waals surface area contributed by atoms with Crippen molar-refractivity contribution < 1.29 is 4.79 Å². The summed E-state index contributed by atoms with van der Waals surface area (Å²) in [6.45, 7) is 0.428. The highest BCUT2D eigenvalue weighted by atomic mass is 32.1. The molecule has 1 N–H and O–H groups in total. The highest BCUT2D eigenvalue weighted by Gasteiger charge is 2.20. The van der Waals surface area contributed by atoms with Gasteiger partial charge in [-0.25, -0.2) is 4.98 Å². The van der Waals surface area contributed by atoms with Gasteiger partial charge in [-0.2, -0.15) is 0 Å². The third kappa shape index (κ3) is 3.41. The fraction of sp³-hybridized carbons (Fsp3) is 0.0500. The van der Waals surface area contributed by atoms with Crippen LogP contribution >= 0.6 is 11.3 Å². The van der Waals surface area contributed by atoms with Crippen LogP contribution < -0.4 is 5.32 Å². The van der Waals surface area contributed by atoms with Gasteiger partial charge in [0.15, 0.2) is 5.13 Å². The second-order valence-corrected chi connectivity index (χ2v) is 6.65. The molecular weight excluding hydrogens is 344 g/mol. The predicted octanol–water partition coefficient (Wildman–Crippen LogP) is 3.93. The molecule has 0 aliphatic rings. The molecule has 0 unspecified atom stereocenters. The van der Waals surface area contributed by atoms with Gasteiger partial charge in [-0.3, -0.25) is 9.78 Å². The van der Waals surface area contributed by atoms with Crippen LogP contribution in [0.25, 0.3) is 16.4 Å². The Morgan fingerprint density at radius 2 is 1.85 bits per heavy atom. The van der Waals surface area contributed by atoms with Crippen LogP contribution in [0.4, 0.5) is 0 Å². The lowest BCUT2D eigenvalue weighted by Gasteiger charge is -2.05. The van der Waals surface area contributed by atoms with E-state index in [1.807, 2.05) is 71.6 Å². The molecule has 26 heavy (non-hydrogen) atoms. The van der Waals surface area contributed by atoms with Crippen LogP contribution in [0, 0.1) is 0 Å². The number of carbonyl (C=O) groups is 1. The highest BCUT2D eigenvalue weighted by molar-refractivity contribution is 7.16. The van der Waals surface area contributed by atoms with E-state index in [2.05, 4.69) is 10.3 Å². The second-order valence-electron chi connectivity index (χ2n) is 5.67. The molecule has 0 saturated carbocycles. The first-order chi connectivity index (χ1) is 12.8. The third-order valence-corrected chi connectivity index (χ3v) is 4.94. The first-order valence-electron chi connectivity index (χ1n) is 8.18. The molecule has 3 aromatic heterocycles. The minimum absolute atomic E-state index is 0.136. The van der Waals surface area contributed by atoms with E-state index < -0.39 is 0 Å². The van der Waals surface area contributed by atoms with Crippen molar-refractivity contribution in [3.63, 3.8) is 0 Å². The summed E-state index contributed by atoms with van der Waals surface area (Å²) in [5, 5.41) is 3.73. The number of nitrogens with zero attached hydrogens (tertiary/aromatic N) is 3. The van der Waals surface area contributed by atoms with Gasteiger partial charge in [0.2, 0.25) is 0 Å². The van der Waals surface area contributed by atoms with E-state index in [1.165, 1.54) is 11.3 Å². The molecule has 0 bridgehead atoms. The topological polar surface area (TPSA) is 59.8 Å². The summed E-state index contributed by atoms with van der Waals surface area (Å²) in [6, 6.07) is 17.4. The molecule has 3 heterocycles. The zero-order chi connectivity index (χ0) is 17.8. The number of amides is 1. The van der Waals surface area contributed by atoms with Crippen LogP contribution in [0.2, 0.25) is 0 Å². The lowest BCUT2D eigenvalue weighted by molar-refractivity contribution is 0.0955. The quantitative estimate of drug-likeness (QED) is 0.587. The van der Waals surface area contributed by atoms with Crippen LogP contribution in [-0.2, 0) is 6.54 Å². The highest BCUT2D eigenvalue weighted by Crippen LogP contribution is 2.30. The van der Waals surface area contributed by atoms with Crippen molar-refractivity contribution >= 4 is 17.2 Å². The molecule has 128 valence electrons. The fourth-order valence-electron chi connectivity index (χ4n) is 2.59. The molecule has 4 aromatic rings. The third-order valence-electron chi connectivity index (χ3n) is 3.87. The number of carbonyl (C=O) groups excluding carboxylic acids is 1. The van der Waals surface area contributed by atoms with Crippen LogP contribution in [0.3, 0.4) is 0 Å². The van der Waals surface area contributed by atoms with E-state index in [9.17, 15) is 4.79 Å². The fourth-order valence-corrected chi connectivity index (χ4v) is 3.56. The maximum Gasteiger partial charge on any atom is 0.264 e. The van der Waals surface area contributed by atoms with E-state index in [0.29, 0.717) is 17.1 Å². The van der Waals surface area contributed by atoms with Crippen molar-refractivity contribution in [3.05, 3.63) is 89.8 Å². The summed E-state index contributed by atoms with van der Waals surface area (Å²) in [6.07, 6.45) is 7.30. The predicted molar refractivity (Wildman–Crippen MR) is 102 cm³/mol. The standard InChI is InChI=1S/C20H16N4OS/c25-19(22-14-15-7-6-10-21-13-15)18-17(16-8-2-1-3-9-16)23-20(26-18)24-11-4-5-12-24/h1-13H,14H2,(H,22,25). The van der Waals surface area contributed by atoms with Crippen molar-refractivity contribution in [2.24, 2.45) is 0 Å². The number of aromatic nitrogens is 3. The summed E-state index contributed by atoms with van der Waals surface area (Å²) in [5.41, 5.74) is 2.58. The number of rotatable bonds is 5. The van der Waals surface area contributed by atoms with E-state index in [1.54, 1.807) is 12.4 Å². The van der Waals surface area contributed by atoms with Gasteiger partial charge in [0.1, 0.15) is 4.88 Å². The number of nitrogens with one attached hydrogen (secondary N) is 1. The molecule has 5 nitrogen and oxygen atoms in total. The second kappa shape index (κ2) is 7.33. The normalized spacial score (nSPS) is 10.6. The largest absolute Gasteiger partial charge is 0.347 e. The molecule has 0 spiro atoms. The van der Waals surface area contributed by atoms with E-state index >= 15 is 0 Å². The Bertz CT molecular complexity index is 995. The van der Waals surface area contributed by atoms with Gasteiger partial charge in [0, 0.05) is 36.9 Å². The molecule has 0 aliphatic carbocycles. The van der Waals surface area contributed by atoms with Crippen LogP contribution in [0.1, 0.15) is 15.2 Å². The average molecular weight is 360 g/mol. The zero-order valence-electron chi connectivity index (χ0n) is 13.9. The van der Waals surface area contributed by atoms with E-state index in [4.69, 9.17) is 4.98 Å². The van der Waals surface area contributed by atoms with Gasteiger partial charge < -0.3 is 9.88 Å². The number of hydrogen-bond donors (Lipinski definition) is 1. The molecule has 0 fully saturated rings. The SMILES string of the molecule is O=C(NCc1cccnc1)c1sc(-n2cccc2)nc1-c1ccccc1. The molecule has 0 atom stereocenters. The van der Waals surface area contributed by atoms with Crippen molar-refractivity contribution in [3.8, 4) is 16.4 Å². The van der Waals surface area contributed by atoms with Crippen molar-refractivity contribution in [1.82, 2.24) is 19.9 Å². The summed E-state index contributed by atoms with van der Waals surface area (Å²) >= 11 is 1.38. The molecule has 1 amide bonds. The maximum absolute atomic E-state index is 12.8. The maximum atomic E-state index is 12.8. The van der Waals surface area contributed by atoms with Gasteiger partial charge in [0.25, 0.3) is 5.91 Å². The molecule has 4 rings (SSSR count). The number of pyridine rings is 1. The van der Waals surface area contributed by atoms with Crippen LogP contribution in [0.15, 0.2) is 79.4 Å². The molecule has 6 heteroatoms. The number of thiazole rings is 1. The van der Waals surface area contributed by atoms with Gasteiger partial charge in [-0.15, -0.1) is 0 Å². The van der Waals surface area contributed by atoms with Gasteiger partial charge in [-0.05, 0) is 23.8 Å². The molecule has 0 radical (unpaired) electrons. The Kier molecular flexibility index (Phi) is 4.57. The molecule has 0 aliphatic heterocycles. The summed E-state index contributed by atoms with van der Waals surface area (Å²) in [5.74, 6) is -0.136. The van der Waals surface area contributed by atoms with Gasteiger partial charge in [0.05, 0.1) is 5.69 Å². The molecular formula is C20H16N4OS. The Morgan fingerprint density at radius 3 is 2.58 bits per heavy atom. The van der Waals surface area contributed by atoms with Crippen molar-refractivity contribution in [2.45, 2.75) is 6.54 Å². The van der Waals surface area contributed by atoms with Crippen molar-refractivity contribution in [2.75, 3.05) is 0 Å². The Labute approximate surface area is 155 Å². The van der Waals surface area contributed by atoms with Gasteiger partial charge in [-0.1, -0.05) is 47.7 Å². The monoisotopic (exact) mass is 360 g/mol. The Balaban J connectivity index is 1.66. The Hall–Kier alpha value is -3.25. The average Bonchev–Trinajstić information content (AvgIpc) is 3.37. The zero-order valence-corrected chi connectivity index (χ0v) is 14.7. The number of benzene rings is 1. The molecule has 0 saturated heterocycles. The lowest BCUT2D eigenvalue weighted by Crippen LogP contribution is -2.22. The first kappa shape index (κ1) is 16.2. The lowest BCUT2D eigenvalue weighted by atomic mass is 10.1. The van der Waals surface area contributed by atoms with E-state index in [-0.39, 0.29) is 5.91 Å². The molecule has 1 aromatic carbocycles. The van der Waals surface area contributed by atoms with Crippen LogP contribution in [-0.4, -0.2) is 20.4 Å². The van der Waals surface area contributed by atoms with E-state index in [0.717, 1.165) is 16.3 Å². The first-order valence-corrected chi connectivity index (χ1v) is 8.99. The minimum Gasteiger partial charge on any atom is -0.347 e. The minimum atomic E-state index is -0.136. The summed E-state index contributed by atoms with van der Waals surface area (Å²) in [4.78, 5) is 22.2. The summed E-state index contributed by atoms with van der Waals surface area (Å²) in [7, 11) is 0. The van der Waals surface area contributed by atoms with Crippen molar-refractivity contribution in [1.29, 1.82) is 0 Å². The van der Waals surface area contributed by atoms with Crippen LogP contribution in [0.5, 0.6) is 0 Å². The Morgan fingerprint density at radius 1 is 1.04 bits per heavy atom. The summed E-state index contributed by atoms with van der Waals surface area (Å²) < 4.78 is 1.91.